The Bertz CT molecular complexity index is 651. The Hall–Kier alpha value is -2.33. The molecule has 4 heteroatoms. The number of hydrogen-bond donors (Lipinski definition) is 1. The summed E-state index contributed by atoms with van der Waals surface area (Å²) >= 11 is 0. The normalized spacial score (nSPS) is 16.4. The molecule has 0 aliphatic carbocycles. The van der Waals surface area contributed by atoms with Gasteiger partial charge in [0.2, 0.25) is 5.91 Å². The van der Waals surface area contributed by atoms with Crippen LogP contribution in [0.25, 0.3) is 0 Å². The maximum Gasteiger partial charge on any atom is 0.234 e. The van der Waals surface area contributed by atoms with Gasteiger partial charge < -0.3 is 10.2 Å². The fourth-order valence-corrected chi connectivity index (χ4v) is 3.23. The molecule has 1 saturated heterocycles. The van der Waals surface area contributed by atoms with Crippen molar-refractivity contribution in [3.05, 3.63) is 66.2 Å². The van der Waals surface area contributed by atoms with Gasteiger partial charge in [0.1, 0.15) is 0 Å². The summed E-state index contributed by atoms with van der Waals surface area (Å²) in [6, 6.07) is 20.8. The van der Waals surface area contributed by atoms with Crippen molar-refractivity contribution >= 4 is 11.6 Å². The van der Waals surface area contributed by atoms with Gasteiger partial charge in [0, 0.05) is 38.4 Å². The van der Waals surface area contributed by atoms with Crippen LogP contribution in [-0.2, 0) is 4.79 Å². The number of carbonyl (C=O) groups is 1. The summed E-state index contributed by atoms with van der Waals surface area (Å²) in [5.41, 5.74) is 2.53. The van der Waals surface area contributed by atoms with Crippen LogP contribution in [-0.4, -0.2) is 50.1 Å². The van der Waals surface area contributed by atoms with Gasteiger partial charge >= 0.3 is 0 Å². The molecule has 132 valence electrons. The van der Waals surface area contributed by atoms with Crippen LogP contribution in [0, 0.1) is 0 Å². The fraction of sp³-hybridized carbons (Fsp3) is 0.381. The lowest BCUT2D eigenvalue weighted by atomic mass is 10.0. The van der Waals surface area contributed by atoms with E-state index in [9.17, 15) is 4.79 Å². The number of rotatable bonds is 6. The topological polar surface area (TPSA) is 35.6 Å². The third-order valence-corrected chi connectivity index (χ3v) is 4.83. The SMILES string of the molecule is C[C@@H](CNC(=O)CN1CCN(c2ccccc2)CC1)c1ccccc1. The van der Waals surface area contributed by atoms with Gasteiger partial charge in [-0.15, -0.1) is 0 Å². The highest BCUT2D eigenvalue weighted by Gasteiger charge is 2.19. The van der Waals surface area contributed by atoms with Gasteiger partial charge in [-0.25, -0.2) is 0 Å². The highest BCUT2D eigenvalue weighted by atomic mass is 16.2. The number of para-hydroxylation sites is 1. The number of nitrogens with zero attached hydrogens (tertiary/aromatic N) is 2. The van der Waals surface area contributed by atoms with E-state index in [0.717, 1.165) is 26.2 Å². The number of nitrogens with one attached hydrogen (secondary N) is 1. The van der Waals surface area contributed by atoms with Crippen LogP contribution < -0.4 is 10.2 Å². The van der Waals surface area contributed by atoms with Crippen LogP contribution in [0.3, 0.4) is 0 Å². The molecular formula is C21H27N3O. The Labute approximate surface area is 150 Å². The molecule has 1 amide bonds. The molecule has 0 spiro atoms. The lowest BCUT2D eigenvalue weighted by molar-refractivity contribution is -0.122. The van der Waals surface area contributed by atoms with E-state index in [2.05, 4.69) is 58.4 Å². The zero-order valence-electron chi connectivity index (χ0n) is 14.9. The molecule has 0 radical (unpaired) electrons. The summed E-state index contributed by atoms with van der Waals surface area (Å²) in [4.78, 5) is 16.9. The molecule has 0 unspecified atom stereocenters. The van der Waals surface area contributed by atoms with Gasteiger partial charge in [-0.1, -0.05) is 55.5 Å². The van der Waals surface area contributed by atoms with Crippen LogP contribution in [0.15, 0.2) is 60.7 Å². The first-order valence-electron chi connectivity index (χ1n) is 9.06. The maximum absolute atomic E-state index is 12.2. The zero-order chi connectivity index (χ0) is 17.5. The molecule has 1 aliphatic rings. The van der Waals surface area contributed by atoms with E-state index in [0.29, 0.717) is 19.0 Å². The minimum absolute atomic E-state index is 0.121. The molecule has 1 N–H and O–H groups in total. The number of hydrogen-bond acceptors (Lipinski definition) is 3. The molecule has 1 aliphatic heterocycles. The first-order valence-corrected chi connectivity index (χ1v) is 9.06. The van der Waals surface area contributed by atoms with Gasteiger partial charge in [0.05, 0.1) is 6.54 Å². The smallest absolute Gasteiger partial charge is 0.234 e. The first kappa shape index (κ1) is 17.5. The minimum atomic E-state index is 0.121. The second kappa shape index (κ2) is 8.67. The summed E-state index contributed by atoms with van der Waals surface area (Å²) in [5.74, 6) is 0.455. The quantitative estimate of drug-likeness (QED) is 0.880. The zero-order valence-corrected chi connectivity index (χ0v) is 14.9. The molecule has 0 saturated carbocycles. The summed E-state index contributed by atoms with van der Waals surface area (Å²) < 4.78 is 0. The van der Waals surface area contributed by atoms with Gasteiger partial charge in [0.15, 0.2) is 0 Å². The maximum atomic E-state index is 12.2. The fourth-order valence-electron chi connectivity index (χ4n) is 3.23. The number of carbonyl (C=O) groups excluding carboxylic acids is 1. The predicted molar refractivity (Wildman–Crippen MR) is 103 cm³/mol. The van der Waals surface area contributed by atoms with Crippen LogP contribution in [0.4, 0.5) is 5.69 Å². The van der Waals surface area contributed by atoms with E-state index in [1.165, 1.54) is 11.3 Å². The Morgan fingerprint density at radius 1 is 0.960 bits per heavy atom. The van der Waals surface area contributed by atoms with Crippen molar-refractivity contribution in [3.8, 4) is 0 Å². The summed E-state index contributed by atoms with van der Waals surface area (Å²) in [7, 11) is 0. The van der Waals surface area contributed by atoms with Crippen LogP contribution in [0.1, 0.15) is 18.4 Å². The highest BCUT2D eigenvalue weighted by Crippen LogP contribution is 2.15. The van der Waals surface area contributed by atoms with E-state index in [4.69, 9.17) is 0 Å². The van der Waals surface area contributed by atoms with Crippen molar-refractivity contribution in [1.82, 2.24) is 10.2 Å². The van der Waals surface area contributed by atoms with Crippen LogP contribution in [0.5, 0.6) is 0 Å². The molecule has 2 aromatic carbocycles. The largest absolute Gasteiger partial charge is 0.369 e. The number of benzene rings is 2. The Kier molecular flexibility index (Phi) is 6.07. The average Bonchev–Trinajstić information content (AvgIpc) is 2.68. The van der Waals surface area contributed by atoms with Gasteiger partial charge in [-0.2, -0.15) is 0 Å². The van der Waals surface area contributed by atoms with E-state index >= 15 is 0 Å². The van der Waals surface area contributed by atoms with Crippen molar-refractivity contribution in [1.29, 1.82) is 0 Å². The lowest BCUT2D eigenvalue weighted by Gasteiger charge is -2.35. The number of anilines is 1. The molecule has 2 aromatic rings. The Morgan fingerprint density at radius 2 is 1.56 bits per heavy atom. The van der Waals surface area contributed by atoms with Gasteiger partial charge in [0.25, 0.3) is 0 Å². The molecule has 1 heterocycles. The number of piperazine rings is 1. The molecule has 0 aromatic heterocycles. The highest BCUT2D eigenvalue weighted by molar-refractivity contribution is 5.78. The van der Waals surface area contributed by atoms with Crippen molar-refractivity contribution in [3.63, 3.8) is 0 Å². The third-order valence-electron chi connectivity index (χ3n) is 4.83. The van der Waals surface area contributed by atoms with Crippen molar-refractivity contribution < 1.29 is 4.79 Å². The van der Waals surface area contributed by atoms with Gasteiger partial charge in [-0.05, 0) is 23.6 Å². The lowest BCUT2D eigenvalue weighted by Crippen LogP contribution is -2.49. The molecule has 25 heavy (non-hydrogen) atoms. The molecule has 1 fully saturated rings. The van der Waals surface area contributed by atoms with Crippen molar-refractivity contribution in [2.45, 2.75) is 12.8 Å². The van der Waals surface area contributed by atoms with Crippen molar-refractivity contribution in [2.75, 3.05) is 44.2 Å². The summed E-state index contributed by atoms with van der Waals surface area (Å²) in [6.07, 6.45) is 0. The second-order valence-corrected chi connectivity index (χ2v) is 6.71. The van der Waals surface area contributed by atoms with Crippen LogP contribution in [0.2, 0.25) is 0 Å². The van der Waals surface area contributed by atoms with E-state index in [1.54, 1.807) is 0 Å². The van der Waals surface area contributed by atoms with Crippen LogP contribution >= 0.6 is 0 Å². The predicted octanol–water partition coefficient (Wildman–Crippen LogP) is 2.73. The van der Waals surface area contributed by atoms with E-state index < -0.39 is 0 Å². The molecular weight excluding hydrogens is 310 g/mol. The Morgan fingerprint density at radius 3 is 2.20 bits per heavy atom. The minimum Gasteiger partial charge on any atom is -0.369 e. The molecule has 3 rings (SSSR count). The first-order chi connectivity index (χ1) is 12.2. The van der Waals surface area contributed by atoms with Gasteiger partial charge in [-0.3, -0.25) is 9.69 Å². The third kappa shape index (κ3) is 5.07. The molecule has 4 nitrogen and oxygen atoms in total. The molecule has 0 bridgehead atoms. The summed E-state index contributed by atoms with van der Waals surface area (Å²) in [6.45, 7) is 7.12. The van der Waals surface area contributed by atoms with E-state index in [-0.39, 0.29) is 5.91 Å². The monoisotopic (exact) mass is 337 g/mol. The van der Waals surface area contributed by atoms with E-state index in [1.807, 2.05) is 24.3 Å². The number of amides is 1. The molecule has 1 atom stereocenters. The standard InChI is InChI=1S/C21H27N3O/c1-18(19-8-4-2-5-9-19)16-22-21(25)17-23-12-14-24(15-13-23)20-10-6-3-7-11-20/h2-11,18H,12-17H2,1H3,(H,22,25)/t18-/m0/s1. The van der Waals surface area contributed by atoms with Crippen molar-refractivity contribution in [2.24, 2.45) is 0 Å². The Balaban J connectivity index is 1.39. The average molecular weight is 337 g/mol. The second-order valence-electron chi connectivity index (χ2n) is 6.71. The summed E-state index contributed by atoms with van der Waals surface area (Å²) in [5, 5.41) is 3.08.